The highest BCUT2D eigenvalue weighted by molar-refractivity contribution is 8.00. The molecule has 1 rings (SSSR count). The van der Waals surface area contributed by atoms with Crippen LogP contribution in [0.1, 0.15) is 155 Å². The molecule has 1 N–H and O–H groups in total. The Morgan fingerprint density at radius 1 is 0.667 bits per heavy atom. The van der Waals surface area contributed by atoms with Crippen molar-refractivity contribution in [3.63, 3.8) is 0 Å². The Morgan fingerprint density at radius 3 is 1.69 bits per heavy atom. The van der Waals surface area contributed by atoms with Gasteiger partial charge in [-0.1, -0.05) is 65.2 Å². The highest BCUT2D eigenvalue weighted by Crippen LogP contribution is 2.22. The molecule has 6 nitrogen and oxygen atoms in total. The van der Waals surface area contributed by atoms with Crippen molar-refractivity contribution in [1.29, 1.82) is 0 Å². The molecule has 0 aromatic rings. The Morgan fingerprint density at radius 2 is 1.16 bits per heavy atom. The standard InChI is InChI=1S/C41H81NO5S4/c1-4-29-48-33-19-35-50-31-16-12-8-6-10-14-21-38(22-15-11-7-9-13-17-32-51-36-20-34-49-30-5-2)46-40(44)23-24-41-45-37-39(47-41)25-27-42(3)26-18-28-43/h38-39,41,43H,4-37H2,1-3H3. The summed E-state index contributed by atoms with van der Waals surface area (Å²) in [6, 6.07) is 0. The molecule has 0 amide bonds. The average Bonchev–Trinajstić information content (AvgIpc) is 3.60. The molecular weight excluding hydrogens is 715 g/mol. The van der Waals surface area contributed by atoms with Gasteiger partial charge in [0.05, 0.1) is 19.1 Å². The van der Waals surface area contributed by atoms with E-state index in [-0.39, 0.29) is 31.1 Å². The lowest BCUT2D eigenvalue weighted by Crippen LogP contribution is -2.26. The fourth-order valence-corrected chi connectivity index (χ4v) is 10.1. The van der Waals surface area contributed by atoms with Crippen LogP contribution in [0.2, 0.25) is 0 Å². The average molecular weight is 796 g/mol. The van der Waals surface area contributed by atoms with E-state index in [9.17, 15) is 4.79 Å². The summed E-state index contributed by atoms with van der Waals surface area (Å²) in [5.41, 5.74) is 0. The summed E-state index contributed by atoms with van der Waals surface area (Å²) in [5.74, 6) is 10.4. The van der Waals surface area contributed by atoms with Gasteiger partial charge < -0.3 is 24.2 Å². The molecule has 1 aliphatic heterocycles. The summed E-state index contributed by atoms with van der Waals surface area (Å²) in [7, 11) is 2.07. The number of thioether (sulfide) groups is 4. The van der Waals surface area contributed by atoms with E-state index in [0.717, 1.165) is 51.6 Å². The first-order chi connectivity index (χ1) is 25.1. The monoisotopic (exact) mass is 795 g/mol. The molecule has 0 aromatic heterocycles. The Bertz CT molecular complexity index is 708. The van der Waals surface area contributed by atoms with Crippen LogP contribution < -0.4 is 0 Å². The first-order valence-electron chi connectivity index (χ1n) is 21.2. The number of aliphatic hydroxyl groups excluding tert-OH is 1. The lowest BCUT2D eigenvalue weighted by molar-refractivity contribution is -0.152. The smallest absolute Gasteiger partial charge is 0.306 e. The Balaban J connectivity index is 2.24. The Hall–Kier alpha value is 0.710. The fourth-order valence-electron chi connectivity index (χ4n) is 6.16. The van der Waals surface area contributed by atoms with Crippen LogP contribution in [0.25, 0.3) is 0 Å². The number of carbonyl (C=O) groups excluding carboxylic acids is 1. The van der Waals surface area contributed by atoms with E-state index in [1.165, 1.54) is 136 Å². The second kappa shape index (κ2) is 39.0. The number of rotatable bonds is 40. The molecule has 0 spiro atoms. The molecule has 0 saturated carbocycles. The Kier molecular flexibility index (Phi) is 38.0. The Labute approximate surface area is 333 Å². The molecule has 1 fully saturated rings. The zero-order valence-corrected chi connectivity index (χ0v) is 36.7. The van der Waals surface area contributed by atoms with Gasteiger partial charge in [-0.2, -0.15) is 47.0 Å². The number of aliphatic hydroxyl groups is 1. The van der Waals surface area contributed by atoms with Crippen LogP contribution in [0.3, 0.4) is 0 Å². The van der Waals surface area contributed by atoms with Gasteiger partial charge in [-0.05, 0) is 130 Å². The molecule has 1 heterocycles. The SMILES string of the molecule is CCCSCCCSCCCCCCCCC(CCCCCCCCSCCCSCCC)OC(=O)CCC1OCC(CCN(C)CCCO)O1. The van der Waals surface area contributed by atoms with Crippen LogP contribution in [-0.2, 0) is 19.0 Å². The number of hydrogen-bond donors (Lipinski definition) is 1. The summed E-state index contributed by atoms with van der Waals surface area (Å²) in [6.07, 6.45) is 25.1. The largest absolute Gasteiger partial charge is 0.462 e. The lowest BCUT2D eigenvalue weighted by atomic mass is 10.0. The van der Waals surface area contributed by atoms with Crippen molar-refractivity contribution in [1.82, 2.24) is 4.90 Å². The van der Waals surface area contributed by atoms with Gasteiger partial charge in [0.15, 0.2) is 6.29 Å². The minimum atomic E-state index is -0.310. The van der Waals surface area contributed by atoms with Gasteiger partial charge in [0.25, 0.3) is 0 Å². The summed E-state index contributed by atoms with van der Waals surface area (Å²) in [5, 5.41) is 9.04. The number of esters is 1. The molecule has 1 aliphatic rings. The maximum Gasteiger partial charge on any atom is 0.306 e. The highest BCUT2D eigenvalue weighted by Gasteiger charge is 2.27. The summed E-state index contributed by atoms with van der Waals surface area (Å²) in [4.78, 5) is 15.2. The molecule has 0 aromatic carbocycles. The van der Waals surface area contributed by atoms with E-state index in [2.05, 4.69) is 72.8 Å². The molecule has 2 atom stereocenters. The second-order valence-electron chi connectivity index (χ2n) is 14.3. The first kappa shape index (κ1) is 49.7. The fraction of sp³-hybridized carbons (Fsp3) is 0.976. The third-order valence-electron chi connectivity index (χ3n) is 9.21. The number of nitrogens with zero attached hydrogens (tertiary/aromatic N) is 1. The molecule has 0 aliphatic carbocycles. The summed E-state index contributed by atoms with van der Waals surface area (Å²) < 4.78 is 18.0. The molecule has 304 valence electrons. The van der Waals surface area contributed by atoms with Crippen molar-refractivity contribution >= 4 is 53.0 Å². The van der Waals surface area contributed by atoms with Gasteiger partial charge in [-0.25, -0.2) is 0 Å². The first-order valence-corrected chi connectivity index (χ1v) is 25.8. The predicted octanol–water partition coefficient (Wildman–Crippen LogP) is 11.1. The van der Waals surface area contributed by atoms with Crippen molar-refractivity contribution in [3.05, 3.63) is 0 Å². The van der Waals surface area contributed by atoms with E-state index in [0.29, 0.717) is 19.4 Å². The van der Waals surface area contributed by atoms with Gasteiger partial charge in [-0.15, -0.1) is 0 Å². The second-order valence-corrected chi connectivity index (χ2v) is 19.2. The molecule has 0 radical (unpaired) electrons. The molecule has 2 unspecified atom stereocenters. The molecular formula is C41H81NO5S4. The summed E-state index contributed by atoms with van der Waals surface area (Å²) in [6.45, 7) is 7.14. The van der Waals surface area contributed by atoms with E-state index >= 15 is 0 Å². The predicted molar refractivity (Wildman–Crippen MR) is 231 cm³/mol. The summed E-state index contributed by atoms with van der Waals surface area (Å²) >= 11 is 8.48. The third kappa shape index (κ3) is 33.7. The van der Waals surface area contributed by atoms with Crippen LogP contribution in [-0.4, -0.2) is 114 Å². The quantitative estimate of drug-likeness (QED) is 0.0479. The van der Waals surface area contributed by atoms with Crippen molar-refractivity contribution in [2.75, 3.05) is 79.4 Å². The van der Waals surface area contributed by atoms with Crippen LogP contribution in [0.4, 0.5) is 0 Å². The third-order valence-corrected chi connectivity index (χ3v) is 14.1. The lowest BCUT2D eigenvalue weighted by Gasteiger charge is -2.19. The minimum Gasteiger partial charge on any atom is -0.462 e. The normalized spacial score (nSPS) is 16.2. The van der Waals surface area contributed by atoms with E-state index in [1.807, 2.05) is 0 Å². The van der Waals surface area contributed by atoms with Crippen molar-refractivity contribution in [3.8, 4) is 0 Å². The maximum atomic E-state index is 12.9. The van der Waals surface area contributed by atoms with Crippen LogP contribution in [0.15, 0.2) is 0 Å². The van der Waals surface area contributed by atoms with Crippen molar-refractivity contribution < 1.29 is 24.1 Å². The van der Waals surface area contributed by atoms with Crippen LogP contribution in [0.5, 0.6) is 0 Å². The van der Waals surface area contributed by atoms with Crippen molar-refractivity contribution in [2.24, 2.45) is 0 Å². The van der Waals surface area contributed by atoms with Gasteiger partial charge >= 0.3 is 5.97 Å². The zero-order chi connectivity index (χ0) is 36.9. The van der Waals surface area contributed by atoms with E-state index < -0.39 is 0 Å². The number of carbonyl (C=O) groups is 1. The van der Waals surface area contributed by atoms with Crippen LogP contribution >= 0.6 is 47.0 Å². The molecule has 10 heteroatoms. The van der Waals surface area contributed by atoms with Gasteiger partial charge in [0.1, 0.15) is 6.10 Å². The van der Waals surface area contributed by atoms with Crippen LogP contribution in [0, 0.1) is 0 Å². The van der Waals surface area contributed by atoms with Gasteiger partial charge in [0, 0.05) is 26.1 Å². The molecule has 0 bridgehead atoms. The van der Waals surface area contributed by atoms with Crippen molar-refractivity contribution in [2.45, 2.75) is 174 Å². The van der Waals surface area contributed by atoms with E-state index in [1.54, 1.807) is 0 Å². The van der Waals surface area contributed by atoms with E-state index in [4.69, 9.17) is 19.3 Å². The number of hydrogen-bond acceptors (Lipinski definition) is 10. The number of unbranched alkanes of at least 4 members (excludes halogenated alkanes) is 10. The topological polar surface area (TPSA) is 68.2 Å². The number of ether oxygens (including phenoxy) is 3. The highest BCUT2D eigenvalue weighted by atomic mass is 32.2. The molecule has 1 saturated heterocycles. The minimum absolute atomic E-state index is 0.0453. The molecule has 51 heavy (non-hydrogen) atoms. The maximum absolute atomic E-state index is 12.9. The van der Waals surface area contributed by atoms with Gasteiger partial charge in [-0.3, -0.25) is 4.79 Å². The van der Waals surface area contributed by atoms with Gasteiger partial charge in [0.2, 0.25) is 0 Å². The zero-order valence-electron chi connectivity index (χ0n) is 33.4.